The lowest BCUT2D eigenvalue weighted by Crippen LogP contribution is -2.30. The zero-order chi connectivity index (χ0) is 20.7. The molecule has 0 atom stereocenters. The van der Waals surface area contributed by atoms with Gasteiger partial charge in [0.25, 0.3) is 11.8 Å². The van der Waals surface area contributed by atoms with Gasteiger partial charge in [0.1, 0.15) is 0 Å². The SMILES string of the molecule is CC(C)NC(=O)c1ccc(NC(=O)CNc2cccc(C(=O)N(C)C)c2)cc1. The van der Waals surface area contributed by atoms with E-state index >= 15 is 0 Å². The highest BCUT2D eigenvalue weighted by Gasteiger charge is 2.10. The Morgan fingerprint density at radius 3 is 2.21 bits per heavy atom. The van der Waals surface area contributed by atoms with Crippen LogP contribution in [0.2, 0.25) is 0 Å². The first-order chi connectivity index (χ1) is 13.3. The van der Waals surface area contributed by atoms with E-state index in [1.165, 1.54) is 4.90 Å². The summed E-state index contributed by atoms with van der Waals surface area (Å²) in [5.41, 5.74) is 2.37. The summed E-state index contributed by atoms with van der Waals surface area (Å²) >= 11 is 0. The number of carbonyl (C=O) groups excluding carboxylic acids is 3. The number of hydrogen-bond acceptors (Lipinski definition) is 4. The van der Waals surface area contributed by atoms with E-state index < -0.39 is 0 Å². The minimum atomic E-state index is -0.233. The Balaban J connectivity index is 1.90. The highest BCUT2D eigenvalue weighted by molar-refractivity contribution is 5.97. The fraction of sp³-hybridized carbons (Fsp3) is 0.286. The van der Waals surface area contributed by atoms with E-state index in [4.69, 9.17) is 0 Å². The van der Waals surface area contributed by atoms with Crippen LogP contribution in [0.4, 0.5) is 11.4 Å². The van der Waals surface area contributed by atoms with Crippen molar-refractivity contribution in [2.45, 2.75) is 19.9 Å². The second-order valence-electron chi connectivity index (χ2n) is 6.89. The van der Waals surface area contributed by atoms with Crippen molar-refractivity contribution >= 4 is 29.1 Å². The number of rotatable bonds is 7. The van der Waals surface area contributed by atoms with Gasteiger partial charge < -0.3 is 20.9 Å². The highest BCUT2D eigenvalue weighted by atomic mass is 16.2. The third-order valence-electron chi connectivity index (χ3n) is 3.82. The summed E-state index contributed by atoms with van der Waals surface area (Å²) in [6.07, 6.45) is 0. The summed E-state index contributed by atoms with van der Waals surface area (Å²) in [5, 5.41) is 8.58. The van der Waals surface area contributed by atoms with Crippen molar-refractivity contribution in [2.75, 3.05) is 31.3 Å². The maximum Gasteiger partial charge on any atom is 0.253 e. The van der Waals surface area contributed by atoms with Crippen LogP contribution in [0.5, 0.6) is 0 Å². The van der Waals surface area contributed by atoms with Crippen molar-refractivity contribution in [3.63, 3.8) is 0 Å². The topological polar surface area (TPSA) is 90.5 Å². The van der Waals surface area contributed by atoms with Gasteiger partial charge in [0, 0.05) is 42.6 Å². The first-order valence-corrected chi connectivity index (χ1v) is 9.02. The molecule has 0 spiro atoms. The van der Waals surface area contributed by atoms with Crippen molar-refractivity contribution in [1.82, 2.24) is 10.2 Å². The number of anilines is 2. The van der Waals surface area contributed by atoms with Gasteiger partial charge in [-0.15, -0.1) is 0 Å². The molecule has 0 fully saturated rings. The van der Waals surface area contributed by atoms with E-state index in [9.17, 15) is 14.4 Å². The normalized spacial score (nSPS) is 10.3. The molecule has 2 rings (SSSR count). The van der Waals surface area contributed by atoms with Crippen LogP contribution < -0.4 is 16.0 Å². The Bertz CT molecular complexity index is 845. The molecule has 2 aromatic carbocycles. The molecule has 0 heterocycles. The molecule has 0 bridgehead atoms. The third kappa shape index (κ3) is 6.12. The third-order valence-corrected chi connectivity index (χ3v) is 3.82. The van der Waals surface area contributed by atoms with E-state index in [1.807, 2.05) is 13.8 Å². The molecule has 2 aromatic rings. The molecule has 0 saturated carbocycles. The molecule has 7 nitrogen and oxygen atoms in total. The smallest absolute Gasteiger partial charge is 0.253 e. The van der Waals surface area contributed by atoms with E-state index in [-0.39, 0.29) is 30.3 Å². The molecule has 0 unspecified atom stereocenters. The number of nitrogens with one attached hydrogen (secondary N) is 3. The van der Waals surface area contributed by atoms with Gasteiger partial charge in [-0.1, -0.05) is 6.07 Å². The Morgan fingerprint density at radius 1 is 0.929 bits per heavy atom. The molecule has 0 radical (unpaired) electrons. The fourth-order valence-corrected chi connectivity index (χ4v) is 2.46. The van der Waals surface area contributed by atoms with Gasteiger partial charge in [0.15, 0.2) is 0 Å². The maximum absolute atomic E-state index is 12.1. The first kappa shape index (κ1) is 21.0. The monoisotopic (exact) mass is 382 g/mol. The molecule has 28 heavy (non-hydrogen) atoms. The van der Waals surface area contributed by atoms with Crippen LogP contribution in [-0.2, 0) is 4.79 Å². The summed E-state index contributed by atoms with van der Waals surface area (Å²) in [6.45, 7) is 3.84. The molecule has 3 amide bonds. The fourth-order valence-electron chi connectivity index (χ4n) is 2.46. The molecular formula is C21H26N4O3. The van der Waals surface area contributed by atoms with Crippen LogP contribution in [0.15, 0.2) is 48.5 Å². The summed E-state index contributed by atoms with van der Waals surface area (Å²) in [5.74, 6) is -0.486. The van der Waals surface area contributed by atoms with E-state index in [0.717, 1.165) is 0 Å². The lowest BCUT2D eigenvalue weighted by Gasteiger charge is -2.12. The lowest BCUT2D eigenvalue weighted by atomic mass is 10.1. The van der Waals surface area contributed by atoms with Gasteiger partial charge in [0.2, 0.25) is 5.91 Å². The quantitative estimate of drug-likeness (QED) is 0.686. The number of hydrogen-bond donors (Lipinski definition) is 3. The molecular weight excluding hydrogens is 356 g/mol. The average Bonchev–Trinajstić information content (AvgIpc) is 2.66. The molecule has 3 N–H and O–H groups in total. The Morgan fingerprint density at radius 2 is 1.61 bits per heavy atom. The number of nitrogens with zero attached hydrogens (tertiary/aromatic N) is 1. The molecule has 0 aliphatic rings. The van der Waals surface area contributed by atoms with Gasteiger partial charge in [-0.05, 0) is 56.3 Å². The molecule has 148 valence electrons. The molecule has 0 aliphatic carbocycles. The van der Waals surface area contributed by atoms with Crippen molar-refractivity contribution in [2.24, 2.45) is 0 Å². The zero-order valence-electron chi connectivity index (χ0n) is 16.6. The maximum atomic E-state index is 12.1. The predicted octanol–water partition coefficient (Wildman–Crippen LogP) is 2.58. The summed E-state index contributed by atoms with van der Waals surface area (Å²) in [4.78, 5) is 37.6. The second kappa shape index (κ2) is 9.55. The number of benzene rings is 2. The summed E-state index contributed by atoms with van der Waals surface area (Å²) in [6, 6.07) is 13.7. The first-order valence-electron chi connectivity index (χ1n) is 9.02. The van der Waals surface area contributed by atoms with Crippen molar-refractivity contribution in [3.05, 3.63) is 59.7 Å². The Kier molecular flexibility index (Phi) is 7.14. The number of amides is 3. The average molecular weight is 382 g/mol. The zero-order valence-corrected chi connectivity index (χ0v) is 16.6. The van der Waals surface area contributed by atoms with Crippen molar-refractivity contribution in [1.29, 1.82) is 0 Å². The minimum absolute atomic E-state index is 0.0508. The number of carbonyl (C=O) groups is 3. The Labute approximate surface area is 165 Å². The van der Waals surface area contributed by atoms with Crippen LogP contribution in [0, 0.1) is 0 Å². The molecule has 0 aliphatic heterocycles. The largest absolute Gasteiger partial charge is 0.376 e. The van der Waals surface area contributed by atoms with Crippen LogP contribution in [-0.4, -0.2) is 49.3 Å². The Hall–Kier alpha value is -3.35. The molecule has 0 aromatic heterocycles. The van der Waals surface area contributed by atoms with E-state index in [0.29, 0.717) is 22.5 Å². The second-order valence-corrected chi connectivity index (χ2v) is 6.89. The van der Waals surface area contributed by atoms with Gasteiger partial charge in [0.05, 0.1) is 6.54 Å². The standard InChI is InChI=1S/C21H26N4O3/c1-14(2)23-20(27)15-8-10-17(11-9-15)24-19(26)13-22-18-7-5-6-16(12-18)21(28)25(3)4/h5-12,14,22H,13H2,1-4H3,(H,23,27)(H,24,26). The van der Waals surface area contributed by atoms with Gasteiger partial charge >= 0.3 is 0 Å². The van der Waals surface area contributed by atoms with Gasteiger partial charge in [-0.2, -0.15) is 0 Å². The van der Waals surface area contributed by atoms with Crippen LogP contribution in [0.1, 0.15) is 34.6 Å². The van der Waals surface area contributed by atoms with Crippen LogP contribution >= 0.6 is 0 Å². The van der Waals surface area contributed by atoms with Gasteiger partial charge in [-0.25, -0.2) is 0 Å². The molecule has 7 heteroatoms. The van der Waals surface area contributed by atoms with Crippen LogP contribution in [0.3, 0.4) is 0 Å². The minimum Gasteiger partial charge on any atom is -0.376 e. The summed E-state index contributed by atoms with van der Waals surface area (Å²) < 4.78 is 0. The van der Waals surface area contributed by atoms with E-state index in [2.05, 4.69) is 16.0 Å². The predicted molar refractivity (Wildman–Crippen MR) is 111 cm³/mol. The lowest BCUT2D eigenvalue weighted by molar-refractivity contribution is -0.114. The van der Waals surface area contributed by atoms with Gasteiger partial charge in [-0.3, -0.25) is 14.4 Å². The van der Waals surface area contributed by atoms with Crippen molar-refractivity contribution in [3.8, 4) is 0 Å². The highest BCUT2D eigenvalue weighted by Crippen LogP contribution is 2.13. The summed E-state index contributed by atoms with van der Waals surface area (Å²) in [7, 11) is 3.38. The van der Waals surface area contributed by atoms with Crippen LogP contribution in [0.25, 0.3) is 0 Å². The van der Waals surface area contributed by atoms with E-state index in [1.54, 1.807) is 62.6 Å². The van der Waals surface area contributed by atoms with Crippen molar-refractivity contribution < 1.29 is 14.4 Å². The molecule has 0 saturated heterocycles.